The van der Waals surface area contributed by atoms with Crippen LogP contribution in [0.25, 0.3) is 0 Å². The van der Waals surface area contributed by atoms with E-state index in [4.69, 9.17) is 0 Å². The Balaban J connectivity index is 2.58. The molecule has 2 aromatic rings. The number of aromatic nitrogens is 1. The second-order valence-electron chi connectivity index (χ2n) is 3.95. The number of hydrogen-bond acceptors (Lipinski definition) is 4. The number of benzene rings is 1. The molecule has 1 heterocycles. The van der Waals surface area contributed by atoms with Crippen LogP contribution in [0.2, 0.25) is 0 Å². The van der Waals surface area contributed by atoms with Crippen molar-refractivity contribution in [3.05, 3.63) is 56.9 Å². The van der Waals surface area contributed by atoms with Crippen molar-refractivity contribution in [1.82, 2.24) is 4.98 Å². The molecule has 5 nitrogen and oxygen atoms in total. The summed E-state index contributed by atoms with van der Waals surface area (Å²) in [5.41, 5.74) is 0.0809. The molecule has 0 amide bonds. The second-order valence-corrected chi connectivity index (χ2v) is 4.86. The van der Waals surface area contributed by atoms with Gasteiger partial charge < -0.3 is 4.90 Å². The number of para-hydroxylation sites is 1. The smallest absolute Gasteiger partial charge is 0.313 e. The Morgan fingerprint density at radius 3 is 2.75 bits per heavy atom. The summed E-state index contributed by atoms with van der Waals surface area (Å²) >= 11 is 3.15. The van der Waals surface area contributed by atoms with Crippen molar-refractivity contribution in [2.75, 3.05) is 11.4 Å². The SMILES string of the molecule is CCN(c1ccccc1F)c1ncc(Br)cc1[N+](=O)[O-]. The molecule has 0 aliphatic carbocycles. The largest absolute Gasteiger partial charge is 0.318 e. The molecular formula is C13H11BrFN3O2. The van der Waals surface area contributed by atoms with Gasteiger partial charge >= 0.3 is 5.69 Å². The molecule has 7 heteroatoms. The van der Waals surface area contributed by atoms with Gasteiger partial charge in [0, 0.05) is 23.3 Å². The van der Waals surface area contributed by atoms with Gasteiger partial charge in [0.2, 0.25) is 5.82 Å². The highest BCUT2D eigenvalue weighted by molar-refractivity contribution is 9.10. The van der Waals surface area contributed by atoms with Crippen LogP contribution in [0.4, 0.5) is 21.6 Å². The maximum Gasteiger partial charge on any atom is 0.313 e. The fourth-order valence-electron chi connectivity index (χ4n) is 1.87. The number of anilines is 2. The second kappa shape index (κ2) is 5.96. The minimum Gasteiger partial charge on any atom is -0.318 e. The molecule has 0 atom stereocenters. The fourth-order valence-corrected chi connectivity index (χ4v) is 2.19. The van der Waals surface area contributed by atoms with Crippen molar-refractivity contribution >= 4 is 33.1 Å². The topological polar surface area (TPSA) is 59.3 Å². The fraction of sp³-hybridized carbons (Fsp3) is 0.154. The number of rotatable bonds is 4. The summed E-state index contributed by atoms with van der Waals surface area (Å²) in [4.78, 5) is 16.1. The molecule has 0 unspecified atom stereocenters. The van der Waals surface area contributed by atoms with Gasteiger partial charge in [0.05, 0.1) is 10.6 Å². The van der Waals surface area contributed by atoms with Crippen LogP contribution >= 0.6 is 15.9 Å². The van der Waals surface area contributed by atoms with E-state index in [-0.39, 0.29) is 17.2 Å². The Labute approximate surface area is 123 Å². The van der Waals surface area contributed by atoms with Crippen LogP contribution in [0.1, 0.15) is 6.92 Å². The standard InChI is InChI=1S/C13H11BrFN3O2/c1-2-17(11-6-4-3-5-10(11)15)13-12(18(19)20)7-9(14)8-16-13/h3-8H,2H2,1H3. The quantitative estimate of drug-likeness (QED) is 0.622. The van der Waals surface area contributed by atoms with E-state index in [1.54, 1.807) is 25.1 Å². The summed E-state index contributed by atoms with van der Waals surface area (Å²) in [5.74, 6) is -0.334. The van der Waals surface area contributed by atoms with Crippen LogP contribution in [0.5, 0.6) is 0 Å². The van der Waals surface area contributed by atoms with E-state index in [1.165, 1.54) is 23.2 Å². The molecule has 0 fully saturated rings. The zero-order valence-corrected chi connectivity index (χ0v) is 12.2. The first-order chi connectivity index (χ1) is 9.54. The minimum absolute atomic E-state index is 0.116. The van der Waals surface area contributed by atoms with Crippen molar-refractivity contribution in [2.45, 2.75) is 6.92 Å². The summed E-state index contributed by atoms with van der Waals surface area (Å²) in [6.07, 6.45) is 1.45. The lowest BCUT2D eigenvalue weighted by atomic mass is 10.2. The Bertz CT molecular complexity index is 651. The highest BCUT2D eigenvalue weighted by atomic mass is 79.9. The maximum atomic E-state index is 13.9. The van der Waals surface area contributed by atoms with E-state index in [0.29, 0.717) is 11.0 Å². The number of nitrogens with zero attached hydrogens (tertiary/aromatic N) is 3. The average Bonchev–Trinajstić information content (AvgIpc) is 2.42. The van der Waals surface area contributed by atoms with Crippen LogP contribution in [0, 0.1) is 15.9 Å². The van der Waals surface area contributed by atoms with Crippen LogP contribution in [0.3, 0.4) is 0 Å². The van der Waals surface area contributed by atoms with Crippen LogP contribution in [-0.4, -0.2) is 16.5 Å². The van der Waals surface area contributed by atoms with E-state index in [1.807, 2.05) is 0 Å². The first-order valence-electron chi connectivity index (χ1n) is 5.86. The van der Waals surface area contributed by atoms with Crippen molar-refractivity contribution in [3.63, 3.8) is 0 Å². The van der Waals surface area contributed by atoms with Crippen molar-refractivity contribution < 1.29 is 9.31 Å². The Hall–Kier alpha value is -2.02. The third-order valence-electron chi connectivity index (χ3n) is 2.73. The van der Waals surface area contributed by atoms with Gasteiger partial charge in [-0.05, 0) is 35.0 Å². The molecule has 0 saturated carbocycles. The zero-order valence-electron chi connectivity index (χ0n) is 10.6. The van der Waals surface area contributed by atoms with Gasteiger partial charge in [0.25, 0.3) is 0 Å². The molecule has 0 aliphatic rings. The monoisotopic (exact) mass is 339 g/mol. The van der Waals surface area contributed by atoms with Gasteiger partial charge in [-0.25, -0.2) is 9.37 Å². The van der Waals surface area contributed by atoms with Gasteiger partial charge in [0.15, 0.2) is 0 Å². The summed E-state index contributed by atoms with van der Waals surface area (Å²) in [5, 5.41) is 11.1. The van der Waals surface area contributed by atoms with Crippen molar-refractivity contribution in [3.8, 4) is 0 Å². The van der Waals surface area contributed by atoms with Gasteiger partial charge in [0.1, 0.15) is 5.82 Å². The molecule has 0 spiro atoms. The predicted octanol–water partition coefficient (Wildman–Crippen LogP) is 4.05. The van der Waals surface area contributed by atoms with E-state index < -0.39 is 10.7 Å². The van der Waals surface area contributed by atoms with Crippen molar-refractivity contribution in [1.29, 1.82) is 0 Å². The summed E-state index contributed by atoms with van der Waals surface area (Å²) in [6, 6.07) is 7.46. The summed E-state index contributed by atoms with van der Waals surface area (Å²) < 4.78 is 14.4. The molecule has 20 heavy (non-hydrogen) atoms. The first-order valence-corrected chi connectivity index (χ1v) is 6.66. The Kier molecular flexibility index (Phi) is 4.29. The van der Waals surface area contributed by atoms with Gasteiger partial charge in [-0.2, -0.15) is 0 Å². The zero-order chi connectivity index (χ0) is 14.7. The lowest BCUT2D eigenvalue weighted by Crippen LogP contribution is -2.20. The molecule has 104 valence electrons. The molecule has 2 rings (SSSR count). The Morgan fingerprint density at radius 1 is 1.45 bits per heavy atom. The third kappa shape index (κ3) is 2.77. The molecule has 1 aromatic carbocycles. The normalized spacial score (nSPS) is 10.3. The average molecular weight is 340 g/mol. The molecule has 0 aliphatic heterocycles. The molecule has 0 radical (unpaired) electrons. The predicted molar refractivity (Wildman–Crippen MR) is 77.7 cm³/mol. The van der Waals surface area contributed by atoms with E-state index in [9.17, 15) is 14.5 Å². The molecule has 0 saturated heterocycles. The first kappa shape index (κ1) is 14.4. The van der Waals surface area contributed by atoms with Crippen molar-refractivity contribution in [2.24, 2.45) is 0 Å². The van der Waals surface area contributed by atoms with E-state index >= 15 is 0 Å². The highest BCUT2D eigenvalue weighted by Gasteiger charge is 2.23. The number of pyridine rings is 1. The minimum atomic E-state index is -0.531. The van der Waals surface area contributed by atoms with Gasteiger partial charge in [-0.15, -0.1) is 0 Å². The maximum absolute atomic E-state index is 13.9. The van der Waals surface area contributed by atoms with Crippen LogP contribution in [-0.2, 0) is 0 Å². The summed E-state index contributed by atoms with van der Waals surface area (Å²) in [6.45, 7) is 2.14. The third-order valence-corrected chi connectivity index (χ3v) is 3.16. The number of hydrogen-bond donors (Lipinski definition) is 0. The highest BCUT2D eigenvalue weighted by Crippen LogP contribution is 2.34. The lowest BCUT2D eigenvalue weighted by molar-refractivity contribution is -0.384. The molecular weight excluding hydrogens is 329 g/mol. The van der Waals surface area contributed by atoms with Gasteiger partial charge in [-0.1, -0.05) is 12.1 Å². The molecule has 0 N–H and O–H groups in total. The van der Waals surface area contributed by atoms with Gasteiger partial charge in [-0.3, -0.25) is 10.1 Å². The van der Waals surface area contributed by atoms with Crippen LogP contribution in [0.15, 0.2) is 41.0 Å². The van der Waals surface area contributed by atoms with E-state index in [0.717, 1.165) is 0 Å². The molecule has 0 bridgehead atoms. The Morgan fingerprint density at radius 2 is 2.15 bits per heavy atom. The number of halogens is 2. The van der Waals surface area contributed by atoms with E-state index in [2.05, 4.69) is 20.9 Å². The number of nitro groups is 1. The lowest BCUT2D eigenvalue weighted by Gasteiger charge is -2.22. The summed E-state index contributed by atoms with van der Waals surface area (Å²) in [7, 11) is 0. The molecule has 1 aromatic heterocycles. The van der Waals surface area contributed by atoms with Crippen LogP contribution < -0.4 is 4.90 Å².